The third-order valence-corrected chi connectivity index (χ3v) is 4.79. The molecule has 1 aromatic rings. The molecule has 0 aliphatic heterocycles. The molecule has 1 fully saturated rings. The minimum atomic E-state index is -3.75. The third-order valence-electron chi connectivity index (χ3n) is 3.43. The third kappa shape index (κ3) is 3.54. The molecule has 0 atom stereocenters. The zero-order chi connectivity index (χ0) is 13.9. The first kappa shape index (κ1) is 14.0. The van der Waals surface area contributed by atoms with Crippen molar-refractivity contribution in [3.05, 3.63) is 30.3 Å². The summed E-state index contributed by atoms with van der Waals surface area (Å²) in [6.45, 7) is 0. The van der Waals surface area contributed by atoms with E-state index >= 15 is 0 Å². The van der Waals surface area contributed by atoms with Crippen molar-refractivity contribution in [1.29, 1.82) is 0 Å². The van der Waals surface area contributed by atoms with E-state index in [4.69, 9.17) is 5.73 Å². The predicted octanol–water partition coefficient (Wildman–Crippen LogP) is 1.01. The highest BCUT2D eigenvalue weighted by atomic mass is 32.2. The molecule has 104 valence electrons. The molecule has 6 heteroatoms. The summed E-state index contributed by atoms with van der Waals surface area (Å²) in [5, 5.41) is 0. The van der Waals surface area contributed by atoms with Crippen LogP contribution in [-0.4, -0.2) is 20.4 Å². The molecule has 0 saturated heterocycles. The smallest absolute Gasteiger partial charge is 0.264 e. The molecule has 1 amide bonds. The monoisotopic (exact) mass is 282 g/mol. The molecule has 5 nitrogen and oxygen atoms in total. The van der Waals surface area contributed by atoms with Gasteiger partial charge >= 0.3 is 0 Å². The molecular weight excluding hydrogens is 264 g/mol. The molecule has 0 bridgehead atoms. The molecular formula is C13H18N2O3S. The SMILES string of the molecule is NC1CCC(C(=O)NS(=O)(=O)c2ccccc2)CC1. The highest BCUT2D eigenvalue weighted by molar-refractivity contribution is 7.90. The Morgan fingerprint density at radius 3 is 2.26 bits per heavy atom. The Bertz CT molecular complexity index is 534. The predicted molar refractivity (Wildman–Crippen MR) is 71.7 cm³/mol. The normalized spacial score (nSPS) is 23.8. The quantitative estimate of drug-likeness (QED) is 0.866. The number of carbonyl (C=O) groups is 1. The van der Waals surface area contributed by atoms with E-state index in [1.807, 2.05) is 0 Å². The number of sulfonamides is 1. The Labute approximate surface area is 113 Å². The molecule has 1 aliphatic rings. The van der Waals surface area contributed by atoms with E-state index in [2.05, 4.69) is 4.72 Å². The molecule has 1 saturated carbocycles. The van der Waals surface area contributed by atoms with Crippen LogP contribution in [0.3, 0.4) is 0 Å². The topological polar surface area (TPSA) is 89.3 Å². The first-order valence-corrected chi connectivity index (χ1v) is 7.84. The lowest BCUT2D eigenvalue weighted by atomic mass is 9.86. The minimum Gasteiger partial charge on any atom is -0.328 e. The van der Waals surface area contributed by atoms with Crippen LogP contribution in [0.2, 0.25) is 0 Å². The number of amides is 1. The van der Waals surface area contributed by atoms with Crippen molar-refractivity contribution in [3.8, 4) is 0 Å². The molecule has 0 spiro atoms. The summed E-state index contributed by atoms with van der Waals surface area (Å²) in [6.07, 6.45) is 2.83. The number of benzene rings is 1. The standard InChI is InChI=1S/C13H18N2O3S/c14-11-8-6-10(7-9-11)13(16)15-19(17,18)12-4-2-1-3-5-12/h1-5,10-11H,6-9,14H2,(H,15,16). The van der Waals surface area contributed by atoms with Crippen LogP contribution in [0.4, 0.5) is 0 Å². The van der Waals surface area contributed by atoms with Crippen molar-refractivity contribution in [3.63, 3.8) is 0 Å². The van der Waals surface area contributed by atoms with E-state index in [0.717, 1.165) is 12.8 Å². The fourth-order valence-corrected chi connectivity index (χ4v) is 3.32. The van der Waals surface area contributed by atoms with Crippen molar-refractivity contribution >= 4 is 15.9 Å². The Kier molecular flexibility index (Phi) is 4.21. The molecule has 0 aromatic heterocycles. The second-order valence-electron chi connectivity index (χ2n) is 4.89. The van der Waals surface area contributed by atoms with Crippen molar-refractivity contribution in [2.24, 2.45) is 11.7 Å². The first-order chi connectivity index (χ1) is 8.99. The van der Waals surface area contributed by atoms with E-state index in [1.165, 1.54) is 12.1 Å². The Morgan fingerprint density at radius 2 is 1.68 bits per heavy atom. The van der Waals surface area contributed by atoms with Crippen LogP contribution in [0.5, 0.6) is 0 Å². The van der Waals surface area contributed by atoms with Gasteiger partial charge in [-0.15, -0.1) is 0 Å². The molecule has 0 heterocycles. The lowest BCUT2D eigenvalue weighted by molar-refractivity contribution is -0.124. The van der Waals surface area contributed by atoms with Crippen molar-refractivity contribution in [2.45, 2.75) is 36.6 Å². The maximum atomic E-state index is 12.0. The van der Waals surface area contributed by atoms with Crippen LogP contribution in [0.25, 0.3) is 0 Å². The van der Waals surface area contributed by atoms with Gasteiger partial charge in [-0.3, -0.25) is 4.79 Å². The van der Waals surface area contributed by atoms with E-state index in [-0.39, 0.29) is 16.9 Å². The number of hydrogen-bond donors (Lipinski definition) is 2. The van der Waals surface area contributed by atoms with E-state index in [9.17, 15) is 13.2 Å². The van der Waals surface area contributed by atoms with E-state index < -0.39 is 15.9 Å². The average molecular weight is 282 g/mol. The fourth-order valence-electron chi connectivity index (χ4n) is 2.26. The van der Waals surface area contributed by atoms with Gasteiger partial charge in [0.05, 0.1) is 4.90 Å². The van der Waals surface area contributed by atoms with Crippen LogP contribution < -0.4 is 10.5 Å². The van der Waals surface area contributed by atoms with Crippen molar-refractivity contribution in [2.75, 3.05) is 0 Å². The van der Waals surface area contributed by atoms with E-state index in [0.29, 0.717) is 12.8 Å². The number of hydrogen-bond acceptors (Lipinski definition) is 4. The summed E-state index contributed by atoms with van der Waals surface area (Å²) in [5.41, 5.74) is 5.77. The zero-order valence-corrected chi connectivity index (χ0v) is 11.4. The summed E-state index contributed by atoms with van der Waals surface area (Å²) in [7, 11) is -3.75. The highest BCUT2D eigenvalue weighted by Gasteiger charge is 2.27. The van der Waals surface area contributed by atoms with Crippen molar-refractivity contribution < 1.29 is 13.2 Å². The molecule has 1 aromatic carbocycles. The van der Waals surface area contributed by atoms with Crippen LogP contribution in [0.1, 0.15) is 25.7 Å². The first-order valence-electron chi connectivity index (χ1n) is 6.36. The number of rotatable bonds is 3. The summed E-state index contributed by atoms with van der Waals surface area (Å²) in [6, 6.07) is 8.04. The van der Waals surface area contributed by atoms with Gasteiger partial charge in [-0.2, -0.15) is 0 Å². The summed E-state index contributed by atoms with van der Waals surface area (Å²) >= 11 is 0. The summed E-state index contributed by atoms with van der Waals surface area (Å²) in [4.78, 5) is 12.1. The lowest BCUT2D eigenvalue weighted by Gasteiger charge is -2.24. The number of nitrogens with one attached hydrogen (secondary N) is 1. The van der Waals surface area contributed by atoms with Gasteiger partial charge in [0.1, 0.15) is 0 Å². The molecule has 1 aliphatic carbocycles. The van der Waals surface area contributed by atoms with Gasteiger partial charge in [-0.25, -0.2) is 13.1 Å². The van der Waals surface area contributed by atoms with Crippen LogP contribution in [0, 0.1) is 5.92 Å². The Hall–Kier alpha value is -1.40. The lowest BCUT2D eigenvalue weighted by Crippen LogP contribution is -2.39. The van der Waals surface area contributed by atoms with Crippen LogP contribution in [0.15, 0.2) is 35.2 Å². The maximum Gasteiger partial charge on any atom is 0.264 e. The fraction of sp³-hybridized carbons (Fsp3) is 0.462. The zero-order valence-electron chi connectivity index (χ0n) is 10.6. The van der Waals surface area contributed by atoms with Crippen LogP contribution in [-0.2, 0) is 14.8 Å². The van der Waals surface area contributed by atoms with Gasteiger partial charge in [-0.1, -0.05) is 18.2 Å². The maximum absolute atomic E-state index is 12.0. The second kappa shape index (κ2) is 5.71. The largest absolute Gasteiger partial charge is 0.328 e. The molecule has 0 unspecified atom stereocenters. The summed E-state index contributed by atoms with van der Waals surface area (Å²) < 4.78 is 26.1. The van der Waals surface area contributed by atoms with Gasteiger partial charge in [0.25, 0.3) is 10.0 Å². The number of nitrogens with two attached hydrogens (primary N) is 1. The number of carbonyl (C=O) groups excluding carboxylic acids is 1. The molecule has 0 radical (unpaired) electrons. The molecule has 3 N–H and O–H groups in total. The summed E-state index contributed by atoms with van der Waals surface area (Å²) in [5.74, 6) is -0.672. The van der Waals surface area contributed by atoms with Gasteiger partial charge < -0.3 is 5.73 Å². The van der Waals surface area contributed by atoms with Crippen LogP contribution >= 0.6 is 0 Å². The van der Waals surface area contributed by atoms with Crippen molar-refractivity contribution in [1.82, 2.24) is 4.72 Å². The van der Waals surface area contributed by atoms with Gasteiger partial charge in [0.2, 0.25) is 5.91 Å². The Morgan fingerprint density at radius 1 is 1.11 bits per heavy atom. The van der Waals surface area contributed by atoms with Gasteiger partial charge in [-0.05, 0) is 37.8 Å². The highest BCUT2D eigenvalue weighted by Crippen LogP contribution is 2.23. The van der Waals surface area contributed by atoms with Gasteiger partial charge in [0, 0.05) is 12.0 Å². The molecule has 2 rings (SSSR count). The van der Waals surface area contributed by atoms with Gasteiger partial charge in [0.15, 0.2) is 0 Å². The average Bonchev–Trinajstić information content (AvgIpc) is 2.40. The minimum absolute atomic E-state index is 0.107. The Balaban J connectivity index is 2.03. The van der Waals surface area contributed by atoms with E-state index in [1.54, 1.807) is 18.2 Å². The second-order valence-corrected chi connectivity index (χ2v) is 6.58. The molecule has 19 heavy (non-hydrogen) atoms.